The highest BCUT2D eigenvalue weighted by molar-refractivity contribution is 5.87. The van der Waals surface area contributed by atoms with Crippen LogP contribution in [0, 0.1) is 0 Å². The summed E-state index contributed by atoms with van der Waals surface area (Å²) in [6.07, 6.45) is 3.81. The lowest BCUT2D eigenvalue weighted by Crippen LogP contribution is -2.08. The fourth-order valence-electron chi connectivity index (χ4n) is 1.23. The molecule has 9 nitrogen and oxygen atoms in total. The van der Waals surface area contributed by atoms with Gasteiger partial charge in [0.2, 0.25) is 0 Å². The van der Waals surface area contributed by atoms with Crippen LogP contribution in [0.25, 0.3) is 6.08 Å². The van der Waals surface area contributed by atoms with Gasteiger partial charge in [0.05, 0.1) is 20.3 Å². The van der Waals surface area contributed by atoms with Crippen molar-refractivity contribution in [2.24, 2.45) is 0 Å². The van der Waals surface area contributed by atoms with Crippen molar-refractivity contribution in [2.75, 3.05) is 26.9 Å². The minimum atomic E-state index is -0.981. The molecular formula is C27H38O9. The Bertz CT molecular complexity index is 823. The number of methoxy groups -OCH3 is 1. The molecule has 0 unspecified atom stereocenters. The number of benzene rings is 1. The van der Waals surface area contributed by atoms with Gasteiger partial charge in [-0.3, -0.25) is 0 Å². The monoisotopic (exact) mass is 506 g/mol. The van der Waals surface area contributed by atoms with Gasteiger partial charge in [0, 0.05) is 23.3 Å². The maximum absolute atomic E-state index is 10.5. The van der Waals surface area contributed by atoms with Gasteiger partial charge in [-0.15, -0.1) is 0 Å². The molecule has 0 aromatic heterocycles. The number of hydrogen-bond donors (Lipinski definition) is 2. The van der Waals surface area contributed by atoms with E-state index in [1.165, 1.54) is 12.7 Å². The molecule has 1 aromatic rings. The van der Waals surface area contributed by atoms with Gasteiger partial charge in [-0.2, -0.15) is 0 Å². The first-order chi connectivity index (χ1) is 16.9. The number of aliphatic carboxylic acids is 1. The van der Waals surface area contributed by atoms with Crippen LogP contribution in [0.1, 0.15) is 26.3 Å². The minimum Gasteiger partial charge on any atom is -0.478 e. The predicted octanol–water partition coefficient (Wildman–Crippen LogP) is 4.16. The van der Waals surface area contributed by atoms with Gasteiger partial charge < -0.3 is 24.4 Å². The van der Waals surface area contributed by atoms with Crippen molar-refractivity contribution in [2.45, 2.75) is 20.8 Å². The molecular weight excluding hydrogens is 468 g/mol. The van der Waals surface area contributed by atoms with E-state index in [1.54, 1.807) is 20.8 Å². The van der Waals surface area contributed by atoms with Gasteiger partial charge in [0.15, 0.2) is 0 Å². The van der Waals surface area contributed by atoms with Gasteiger partial charge in [-0.1, -0.05) is 69.3 Å². The first-order valence-electron chi connectivity index (χ1n) is 10.4. The molecule has 0 saturated heterocycles. The van der Waals surface area contributed by atoms with Crippen molar-refractivity contribution in [3.05, 3.63) is 92.1 Å². The van der Waals surface area contributed by atoms with Crippen LogP contribution in [-0.4, -0.2) is 61.0 Å². The van der Waals surface area contributed by atoms with Gasteiger partial charge in [-0.25, -0.2) is 19.2 Å². The lowest BCUT2D eigenvalue weighted by atomic mass is 10.2. The van der Waals surface area contributed by atoms with Gasteiger partial charge >= 0.3 is 23.9 Å². The fourth-order valence-corrected chi connectivity index (χ4v) is 1.23. The molecule has 1 rings (SSSR count). The molecule has 0 radical (unpaired) electrons. The summed E-state index contributed by atoms with van der Waals surface area (Å²) >= 11 is 0. The molecule has 0 saturated carbocycles. The van der Waals surface area contributed by atoms with Gasteiger partial charge in [0.25, 0.3) is 0 Å². The summed E-state index contributed by atoms with van der Waals surface area (Å²) in [4.78, 5) is 40.0. The van der Waals surface area contributed by atoms with Crippen LogP contribution in [0.5, 0.6) is 0 Å². The van der Waals surface area contributed by atoms with Crippen LogP contribution in [0.3, 0.4) is 0 Å². The van der Waals surface area contributed by atoms with E-state index in [0.717, 1.165) is 12.2 Å². The smallest absolute Gasteiger partial charge is 0.333 e. The summed E-state index contributed by atoms with van der Waals surface area (Å²) < 4.78 is 13.2. The van der Waals surface area contributed by atoms with Crippen LogP contribution < -0.4 is 0 Å². The Hall–Kier alpha value is -4.24. The van der Waals surface area contributed by atoms with Crippen molar-refractivity contribution in [1.29, 1.82) is 0 Å². The average Bonchev–Trinajstić information content (AvgIpc) is 2.88. The van der Waals surface area contributed by atoms with Crippen LogP contribution >= 0.6 is 0 Å². The minimum absolute atomic E-state index is 0.0473. The highest BCUT2D eigenvalue weighted by Gasteiger charge is 1.99. The van der Waals surface area contributed by atoms with E-state index in [1.807, 2.05) is 36.4 Å². The molecule has 0 amide bonds. The summed E-state index contributed by atoms with van der Waals surface area (Å²) in [6.45, 7) is 21.7. The largest absolute Gasteiger partial charge is 0.478 e. The van der Waals surface area contributed by atoms with E-state index < -0.39 is 11.9 Å². The molecule has 200 valence electrons. The number of hydrogen-bond acceptors (Lipinski definition) is 8. The number of carboxylic acid groups (broad SMARTS) is 1. The second-order valence-electron chi connectivity index (χ2n) is 6.03. The molecule has 36 heavy (non-hydrogen) atoms. The maximum Gasteiger partial charge on any atom is 0.333 e. The summed E-state index contributed by atoms with van der Waals surface area (Å²) in [6, 6.07) is 10.0. The molecule has 0 atom stereocenters. The molecule has 0 heterocycles. The highest BCUT2D eigenvalue weighted by Crippen LogP contribution is 1.97. The fraction of sp³-hybridized carbons (Fsp3) is 0.259. The average molecular weight is 507 g/mol. The quantitative estimate of drug-likeness (QED) is 0.302. The zero-order valence-corrected chi connectivity index (χ0v) is 21.5. The Morgan fingerprint density at radius 1 is 0.889 bits per heavy atom. The van der Waals surface area contributed by atoms with Crippen LogP contribution in [-0.2, 0) is 33.4 Å². The highest BCUT2D eigenvalue weighted by atomic mass is 16.5. The van der Waals surface area contributed by atoms with E-state index in [-0.39, 0.29) is 25.2 Å². The zero-order valence-electron chi connectivity index (χ0n) is 21.5. The number of carboxylic acids is 1. The Morgan fingerprint density at radius 3 is 1.56 bits per heavy atom. The third-order valence-corrected chi connectivity index (χ3v) is 2.87. The van der Waals surface area contributed by atoms with Crippen molar-refractivity contribution in [3.63, 3.8) is 0 Å². The molecule has 9 heteroatoms. The normalized spacial score (nSPS) is 7.92. The number of ether oxygens (including phenoxy) is 3. The first kappa shape index (κ1) is 39.0. The van der Waals surface area contributed by atoms with Crippen LogP contribution in [0.4, 0.5) is 0 Å². The van der Waals surface area contributed by atoms with Crippen LogP contribution in [0.2, 0.25) is 0 Å². The van der Waals surface area contributed by atoms with Crippen molar-refractivity contribution in [3.8, 4) is 0 Å². The molecule has 0 spiro atoms. The van der Waals surface area contributed by atoms with E-state index >= 15 is 0 Å². The lowest BCUT2D eigenvalue weighted by molar-refractivity contribution is -0.140. The van der Waals surface area contributed by atoms with E-state index in [0.29, 0.717) is 17.8 Å². The molecule has 0 bridgehead atoms. The summed E-state index contributed by atoms with van der Waals surface area (Å²) in [5.41, 5.74) is 1.96. The summed E-state index contributed by atoms with van der Waals surface area (Å²) in [5.74, 6) is -2.14. The summed E-state index contributed by atoms with van der Waals surface area (Å²) in [7, 11) is 1.33. The molecule has 2 N–H and O–H groups in total. The van der Waals surface area contributed by atoms with Crippen molar-refractivity contribution in [1.82, 2.24) is 0 Å². The predicted molar refractivity (Wildman–Crippen MR) is 141 cm³/mol. The number of aliphatic hydroxyl groups excluding tert-OH is 1. The molecule has 1 aromatic carbocycles. The molecule has 0 aliphatic carbocycles. The molecule has 0 aliphatic heterocycles. The maximum atomic E-state index is 10.5. The lowest BCUT2D eigenvalue weighted by Gasteiger charge is -1.99. The third kappa shape index (κ3) is 34.4. The van der Waals surface area contributed by atoms with E-state index in [2.05, 4.69) is 47.1 Å². The zero-order chi connectivity index (χ0) is 28.9. The number of rotatable bonds is 8. The second-order valence-corrected chi connectivity index (χ2v) is 6.03. The summed E-state index contributed by atoms with van der Waals surface area (Å²) in [5, 5.41) is 15.8. The topological polar surface area (TPSA) is 136 Å². The molecule has 0 fully saturated rings. The third-order valence-electron chi connectivity index (χ3n) is 2.87. The standard InChI is InChI=1S/C8H8.C6H10O3.2C5H8O2.C3H4O2/c1-2-8-6-4-3-5-7-8;1-5(2)6(8)9-4-3-7;1-4(2)5(6)7-3;1-3-5(6)7-4-2;1-2-3(4)5/h2-7H,1H2;7H,1,3-4H2,2H3;1H2,2-3H3;3H,1,4H2,2H3;2H,1H2,(H,4,5). The Balaban J connectivity index is -0.000000180. The van der Waals surface area contributed by atoms with E-state index in [9.17, 15) is 19.2 Å². The van der Waals surface area contributed by atoms with Crippen molar-refractivity contribution < 1.29 is 43.6 Å². The second kappa shape index (κ2) is 28.8. The number of aliphatic hydroxyl groups is 1. The molecule has 0 aliphatic rings. The Kier molecular flexibility index (Phi) is 31.2. The van der Waals surface area contributed by atoms with E-state index in [4.69, 9.17) is 10.2 Å². The Morgan fingerprint density at radius 2 is 1.36 bits per heavy atom. The first-order valence-corrected chi connectivity index (χ1v) is 10.4. The number of esters is 3. The van der Waals surface area contributed by atoms with Crippen LogP contribution in [0.15, 0.2) is 86.5 Å². The van der Waals surface area contributed by atoms with Gasteiger partial charge in [-0.05, 0) is 26.3 Å². The van der Waals surface area contributed by atoms with Gasteiger partial charge in [0.1, 0.15) is 6.61 Å². The SMILES string of the molecule is C=C(C)C(=O)OC.C=C(C)C(=O)OCCO.C=CC(=O)O.C=CC(=O)OCC.C=Cc1ccccc1. The van der Waals surface area contributed by atoms with Crippen molar-refractivity contribution >= 4 is 30.0 Å². The number of carbonyl (C=O) groups excluding carboxylic acids is 3. The Labute approximate surface area is 213 Å². The number of carbonyl (C=O) groups is 4.